The maximum atomic E-state index is 12.9. The molecule has 1 N–H and O–H groups in total. The molecule has 0 saturated carbocycles. The zero-order chi connectivity index (χ0) is 20.0. The molecule has 0 unspecified atom stereocenters. The number of benzene rings is 1. The first-order chi connectivity index (χ1) is 14.1. The summed E-state index contributed by atoms with van der Waals surface area (Å²) in [6.45, 7) is 6.31. The fourth-order valence-electron chi connectivity index (χ4n) is 4.69. The van der Waals surface area contributed by atoms with E-state index >= 15 is 0 Å². The van der Waals surface area contributed by atoms with Crippen molar-refractivity contribution >= 4 is 27.1 Å². The Balaban J connectivity index is 1.41. The lowest BCUT2D eigenvalue weighted by molar-refractivity contribution is 0.225. The van der Waals surface area contributed by atoms with E-state index in [1.807, 2.05) is 0 Å². The molecule has 5 heteroatoms. The number of nitrogens with one attached hydrogen (secondary N) is 1. The maximum Gasteiger partial charge on any atom is 0.259 e. The van der Waals surface area contributed by atoms with Gasteiger partial charge in [0.2, 0.25) is 0 Å². The number of H-pyrrole nitrogens is 1. The van der Waals surface area contributed by atoms with Gasteiger partial charge < -0.3 is 4.98 Å². The van der Waals surface area contributed by atoms with E-state index in [1.54, 1.807) is 11.3 Å². The first-order valence-electron chi connectivity index (χ1n) is 10.6. The predicted molar refractivity (Wildman–Crippen MR) is 120 cm³/mol. The van der Waals surface area contributed by atoms with E-state index in [-0.39, 0.29) is 11.6 Å². The minimum Gasteiger partial charge on any atom is -0.309 e. The van der Waals surface area contributed by atoms with Crippen molar-refractivity contribution < 1.29 is 0 Å². The van der Waals surface area contributed by atoms with Gasteiger partial charge >= 0.3 is 0 Å². The van der Waals surface area contributed by atoms with Crippen molar-refractivity contribution in [3.8, 4) is 0 Å². The Morgan fingerprint density at radius 3 is 2.83 bits per heavy atom. The van der Waals surface area contributed by atoms with E-state index in [0.717, 1.165) is 48.4 Å². The number of aryl methyl sites for hydroxylation is 1. The van der Waals surface area contributed by atoms with Crippen molar-refractivity contribution in [1.82, 2.24) is 14.9 Å². The molecule has 0 spiro atoms. The molecule has 0 radical (unpaired) electrons. The fraction of sp³-hybridized carbons (Fsp3) is 0.417. The lowest BCUT2D eigenvalue weighted by atomic mass is 9.89. The quantitative estimate of drug-likeness (QED) is 0.670. The third-order valence-electron chi connectivity index (χ3n) is 6.51. The molecule has 0 fully saturated rings. The molecule has 0 saturated heterocycles. The number of aromatic amines is 1. The van der Waals surface area contributed by atoms with E-state index in [9.17, 15) is 4.79 Å². The van der Waals surface area contributed by atoms with Crippen LogP contribution < -0.4 is 5.56 Å². The number of hydrogen-bond acceptors (Lipinski definition) is 4. The van der Waals surface area contributed by atoms with Crippen LogP contribution in [0, 0.1) is 5.92 Å². The zero-order valence-corrected chi connectivity index (χ0v) is 17.9. The van der Waals surface area contributed by atoms with Gasteiger partial charge in [0, 0.05) is 18.0 Å². The van der Waals surface area contributed by atoms with Gasteiger partial charge in [-0.05, 0) is 55.2 Å². The fourth-order valence-corrected chi connectivity index (χ4v) is 6.08. The first kappa shape index (κ1) is 18.8. The molecule has 2 aromatic heterocycles. The Morgan fingerprint density at radius 1 is 1.24 bits per heavy atom. The van der Waals surface area contributed by atoms with Crippen molar-refractivity contribution in [2.75, 3.05) is 13.1 Å². The first-order valence-corrected chi connectivity index (χ1v) is 11.4. The van der Waals surface area contributed by atoms with Crippen LogP contribution in [0.1, 0.15) is 54.6 Å². The van der Waals surface area contributed by atoms with Crippen LogP contribution in [0.4, 0.5) is 0 Å². The van der Waals surface area contributed by atoms with Crippen LogP contribution in [-0.2, 0) is 12.8 Å². The third kappa shape index (κ3) is 3.47. The minimum atomic E-state index is 0.0430. The lowest BCUT2D eigenvalue weighted by Crippen LogP contribution is -2.33. The average molecular weight is 406 g/mol. The van der Waals surface area contributed by atoms with Gasteiger partial charge in [0.1, 0.15) is 10.7 Å². The lowest BCUT2D eigenvalue weighted by Gasteiger charge is -2.31. The van der Waals surface area contributed by atoms with E-state index in [0.29, 0.717) is 5.92 Å². The van der Waals surface area contributed by atoms with E-state index in [1.165, 1.54) is 28.0 Å². The number of aromatic nitrogens is 2. The average Bonchev–Trinajstić information content (AvgIpc) is 3.11. The standard InChI is InChI=1S/C24H27N3OS/c1-15-8-9-19-20(14-15)29-24-21(19)23(28)25-22(26-24)16(2)27-12-10-18(11-13-27)17-6-4-3-5-7-17/h3-7,10,15-16H,8-9,11-14H2,1-2H3,(H,25,26,28)/t15-,16+/m0/s1. The van der Waals surface area contributed by atoms with Gasteiger partial charge in [-0.3, -0.25) is 9.69 Å². The van der Waals surface area contributed by atoms with Gasteiger partial charge in [0.15, 0.2) is 0 Å². The second-order valence-electron chi connectivity index (χ2n) is 8.50. The van der Waals surface area contributed by atoms with Crippen LogP contribution in [0.2, 0.25) is 0 Å². The van der Waals surface area contributed by atoms with Crippen LogP contribution in [0.5, 0.6) is 0 Å². The number of hydrogen-bond donors (Lipinski definition) is 1. The highest BCUT2D eigenvalue weighted by molar-refractivity contribution is 7.18. The molecule has 1 aliphatic carbocycles. The summed E-state index contributed by atoms with van der Waals surface area (Å²) in [5.74, 6) is 1.50. The molecule has 0 bridgehead atoms. The van der Waals surface area contributed by atoms with Gasteiger partial charge in [-0.2, -0.15) is 0 Å². The molecule has 29 heavy (non-hydrogen) atoms. The zero-order valence-electron chi connectivity index (χ0n) is 17.1. The van der Waals surface area contributed by atoms with E-state index in [2.05, 4.69) is 60.1 Å². The Labute approximate surface area is 175 Å². The summed E-state index contributed by atoms with van der Waals surface area (Å²) in [6, 6.07) is 10.7. The Kier molecular flexibility index (Phi) is 4.88. The van der Waals surface area contributed by atoms with E-state index < -0.39 is 0 Å². The molecule has 150 valence electrons. The molecule has 0 amide bonds. The predicted octanol–water partition coefficient (Wildman–Crippen LogP) is 4.96. The molecular weight excluding hydrogens is 378 g/mol. The summed E-state index contributed by atoms with van der Waals surface area (Å²) in [5.41, 5.74) is 4.02. The second kappa shape index (κ2) is 7.54. The van der Waals surface area contributed by atoms with Crippen molar-refractivity contribution in [2.45, 2.75) is 45.6 Å². The van der Waals surface area contributed by atoms with Gasteiger partial charge in [-0.25, -0.2) is 4.98 Å². The summed E-state index contributed by atoms with van der Waals surface area (Å²) in [5, 5.41) is 0.845. The molecular formula is C24H27N3OS. The van der Waals surface area contributed by atoms with Crippen LogP contribution in [0.25, 0.3) is 15.8 Å². The molecule has 5 rings (SSSR count). The Morgan fingerprint density at radius 2 is 2.07 bits per heavy atom. The van der Waals surface area contributed by atoms with Gasteiger partial charge in [-0.1, -0.05) is 43.3 Å². The molecule has 3 aromatic rings. The highest BCUT2D eigenvalue weighted by Crippen LogP contribution is 2.36. The highest BCUT2D eigenvalue weighted by atomic mass is 32.1. The summed E-state index contributed by atoms with van der Waals surface area (Å²) in [4.78, 5) is 25.6. The number of rotatable bonds is 3. The summed E-state index contributed by atoms with van der Waals surface area (Å²) in [6.07, 6.45) is 6.60. The third-order valence-corrected chi connectivity index (χ3v) is 7.66. The molecule has 2 aliphatic rings. The molecule has 1 aliphatic heterocycles. The smallest absolute Gasteiger partial charge is 0.259 e. The van der Waals surface area contributed by atoms with Crippen LogP contribution in [-0.4, -0.2) is 28.0 Å². The van der Waals surface area contributed by atoms with Crippen molar-refractivity contribution in [1.29, 1.82) is 0 Å². The molecule has 1 aromatic carbocycles. The van der Waals surface area contributed by atoms with Crippen molar-refractivity contribution in [2.24, 2.45) is 5.92 Å². The number of nitrogens with zero attached hydrogens (tertiary/aromatic N) is 2. The Bertz CT molecular complexity index is 1130. The summed E-state index contributed by atoms with van der Waals surface area (Å²) >= 11 is 1.73. The largest absolute Gasteiger partial charge is 0.309 e. The van der Waals surface area contributed by atoms with Crippen molar-refractivity contribution in [3.05, 3.63) is 68.6 Å². The molecule has 4 nitrogen and oxygen atoms in total. The van der Waals surface area contributed by atoms with Crippen molar-refractivity contribution in [3.63, 3.8) is 0 Å². The van der Waals surface area contributed by atoms with E-state index in [4.69, 9.17) is 4.98 Å². The van der Waals surface area contributed by atoms with Gasteiger partial charge in [0.25, 0.3) is 5.56 Å². The second-order valence-corrected chi connectivity index (χ2v) is 9.58. The monoisotopic (exact) mass is 405 g/mol. The number of thiophene rings is 1. The SMILES string of the molecule is C[C@H]1CCc2c(sc3nc([C@@H](C)N4CC=C(c5ccccc5)CC4)[nH]c(=O)c23)C1. The maximum absolute atomic E-state index is 12.9. The minimum absolute atomic E-state index is 0.0430. The number of fused-ring (bicyclic) bond motifs is 3. The topological polar surface area (TPSA) is 49.0 Å². The van der Waals surface area contributed by atoms with Crippen LogP contribution in [0.15, 0.2) is 41.2 Å². The highest BCUT2D eigenvalue weighted by Gasteiger charge is 2.25. The van der Waals surface area contributed by atoms with Gasteiger partial charge in [0.05, 0.1) is 11.4 Å². The normalized spacial score (nSPS) is 21.0. The summed E-state index contributed by atoms with van der Waals surface area (Å²) < 4.78 is 0. The molecule has 3 heterocycles. The summed E-state index contributed by atoms with van der Waals surface area (Å²) in [7, 11) is 0. The van der Waals surface area contributed by atoms with Crippen LogP contribution in [0.3, 0.4) is 0 Å². The molecule has 2 atom stereocenters. The Hall–Kier alpha value is -2.24. The van der Waals surface area contributed by atoms with Gasteiger partial charge in [-0.15, -0.1) is 11.3 Å². The van der Waals surface area contributed by atoms with Crippen LogP contribution >= 0.6 is 11.3 Å².